The van der Waals surface area contributed by atoms with E-state index in [-0.39, 0.29) is 28.9 Å². The number of hydrogen-bond donors (Lipinski definition) is 0. The number of likely N-dealkylation sites (tertiary alicyclic amines) is 1. The second-order valence-corrected chi connectivity index (χ2v) is 6.64. The highest BCUT2D eigenvalue weighted by atomic mass is 16.5. The van der Waals surface area contributed by atoms with Crippen LogP contribution in [-0.2, 0) is 16.6 Å². The number of ether oxygens (including phenoxy) is 1. The van der Waals surface area contributed by atoms with E-state index in [0.29, 0.717) is 43.4 Å². The van der Waals surface area contributed by atoms with E-state index in [4.69, 9.17) is 4.74 Å². The van der Waals surface area contributed by atoms with Crippen molar-refractivity contribution in [1.29, 1.82) is 0 Å². The SMILES string of the molecule is CCOC(=O)C1CCN(C(=O)c2nn(C)c3ccc(C)cc3c2=O)CC1. The number of piperidine rings is 1. The summed E-state index contributed by atoms with van der Waals surface area (Å²) in [5.74, 6) is -0.778. The summed E-state index contributed by atoms with van der Waals surface area (Å²) in [4.78, 5) is 39.0. The van der Waals surface area contributed by atoms with Crippen LogP contribution >= 0.6 is 0 Å². The van der Waals surface area contributed by atoms with E-state index < -0.39 is 0 Å². The van der Waals surface area contributed by atoms with Crippen molar-refractivity contribution in [3.05, 3.63) is 39.7 Å². The summed E-state index contributed by atoms with van der Waals surface area (Å²) in [6.45, 7) is 4.87. The van der Waals surface area contributed by atoms with Crippen LogP contribution in [0.15, 0.2) is 23.0 Å². The van der Waals surface area contributed by atoms with Gasteiger partial charge in [-0.25, -0.2) is 0 Å². The van der Waals surface area contributed by atoms with Gasteiger partial charge in [0.1, 0.15) is 0 Å². The molecule has 0 radical (unpaired) electrons. The van der Waals surface area contributed by atoms with E-state index in [1.165, 1.54) is 0 Å². The summed E-state index contributed by atoms with van der Waals surface area (Å²) < 4.78 is 6.61. The third-order valence-corrected chi connectivity index (χ3v) is 4.82. The molecule has 0 N–H and O–H groups in total. The minimum Gasteiger partial charge on any atom is -0.466 e. The summed E-state index contributed by atoms with van der Waals surface area (Å²) in [6, 6.07) is 5.52. The quantitative estimate of drug-likeness (QED) is 0.781. The van der Waals surface area contributed by atoms with E-state index in [0.717, 1.165) is 5.56 Å². The third kappa shape index (κ3) is 3.34. The number of aryl methyl sites for hydroxylation is 2. The zero-order valence-electron chi connectivity index (χ0n) is 15.3. The van der Waals surface area contributed by atoms with Crippen LogP contribution in [0.25, 0.3) is 10.9 Å². The van der Waals surface area contributed by atoms with Crippen molar-refractivity contribution < 1.29 is 14.3 Å². The molecule has 1 fully saturated rings. The number of carbonyl (C=O) groups is 2. The summed E-state index contributed by atoms with van der Waals surface area (Å²) in [7, 11) is 1.72. The first-order valence-electron chi connectivity index (χ1n) is 8.86. The molecular weight excluding hydrogens is 334 g/mol. The molecule has 0 unspecified atom stereocenters. The van der Waals surface area contributed by atoms with E-state index in [1.54, 1.807) is 29.6 Å². The molecule has 1 amide bonds. The maximum Gasteiger partial charge on any atom is 0.309 e. The minimum atomic E-state index is -0.378. The maximum absolute atomic E-state index is 12.8. The second-order valence-electron chi connectivity index (χ2n) is 6.64. The van der Waals surface area contributed by atoms with Crippen LogP contribution in [0.5, 0.6) is 0 Å². The Hall–Kier alpha value is -2.70. The normalized spacial score (nSPS) is 15.3. The Morgan fingerprint density at radius 2 is 1.96 bits per heavy atom. The zero-order valence-corrected chi connectivity index (χ0v) is 15.3. The molecule has 2 aromatic rings. The molecule has 1 aromatic carbocycles. The van der Waals surface area contributed by atoms with Gasteiger partial charge in [-0.15, -0.1) is 0 Å². The fraction of sp³-hybridized carbons (Fsp3) is 0.474. The van der Waals surface area contributed by atoms with Gasteiger partial charge >= 0.3 is 5.97 Å². The second kappa shape index (κ2) is 7.27. The van der Waals surface area contributed by atoms with Gasteiger partial charge < -0.3 is 9.64 Å². The smallest absolute Gasteiger partial charge is 0.309 e. The monoisotopic (exact) mass is 357 g/mol. The molecule has 0 atom stereocenters. The van der Waals surface area contributed by atoms with Crippen molar-refractivity contribution in [1.82, 2.24) is 14.7 Å². The lowest BCUT2D eigenvalue weighted by atomic mass is 9.96. The number of aromatic nitrogens is 2. The van der Waals surface area contributed by atoms with E-state index in [1.807, 2.05) is 19.1 Å². The average molecular weight is 357 g/mol. The summed E-state index contributed by atoms with van der Waals surface area (Å²) in [5.41, 5.74) is 1.23. The summed E-state index contributed by atoms with van der Waals surface area (Å²) in [6.07, 6.45) is 1.08. The van der Waals surface area contributed by atoms with E-state index in [2.05, 4.69) is 5.10 Å². The van der Waals surface area contributed by atoms with E-state index >= 15 is 0 Å². The predicted molar refractivity (Wildman–Crippen MR) is 97.0 cm³/mol. The molecule has 1 aliphatic heterocycles. The lowest BCUT2D eigenvalue weighted by Gasteiger charge is -2.30. The molecule has 0 saturated carbocycles. The number of nitrogens with zero attached hydrogens (tertiary/aromatic N) is 3. The zero-order chi connectivity index (χ0) is 18.8. The van der Waals surface area contributed by atoms with Crippen LogP contribution in [0, 0.1) is 12.8 Å². The van der Waals surface area contributed by atoms with Gasteiger partial charge in [-0.2, -0.15) is 5.10 Å². The van der Waals surface area contributed by atoms with E-state index in [9.17, 15) is 14.4 Å². The molecule has 0 aliphatic carbocycles. The molecule has 2 heterocycles. The standard InChI is InChI=1S/C19H23N3O4/c1-4-26-19(25)13-7-9-22(10-8-13)18(24)16-17(23)14-11-12(2)5-6-15(14)21(3)20-16/h5-6,11,13H,4,7-10H2,1-3H3. The summed E-state index contributed by atoms with van der Waals surface area (Å²) >= 11 is 0. The average Bonchev–Trinajstić information content (AvgIpc) is 2.64. The lowest BCUT2D eigenvalue weighted by Crippen LogP contribution is -2.43. The first-order chi connectivity index (χ1) is 12.4. The Morgan fingerprint density at radius 1 is 1.27 bits per heavy atom. The van der Waals surface area contributed by atoms with Crippen LogP contribution in [0.2, 0.25) is 0 Å². The molecule has 7 nitrogen and oxygen atoms in total. The summed E-state index contributed by atoms with van der Waals surface area (Å²) in [5, 5.41) is 4.70. The molecule has 7 heteroatoms. The molecular formula is C19H23N3O4. The van der Waals surface area contributed by atoms with Crippen molar-refractivity contribution in [2.45, 2.75) is 26.7 Å². The Bertz CT molecular complexity index is 911. The highest BCUT2D eigenvalue weighted by molar-refractivity contribution is 5.95. The van der Waals surface area contributed by atoms with Crippen LogP contribution in [0.1, 0.15) is 35.8 Å². The van der Waals surface area contributed by atoms with Crippen molar-refractivity contribution in [2.75, 3.05) is 19.7 Å². The number of rotatable bonds is 3. The minimum absolute atomic E-state index is 0.0693. The molecule has 1 saturated heterocycles. The molecule has 1 aliphatic rings. The third-order valence-electron chi connectivity index (χ3n) is 4.82. The predicted octanol–water partition coefficient (Wildman–Crippen LogP) is 1.66. The van der Waals surface area contributed by atoms with Crippen LogP contribution < -0.4 is 5.43 Å². The Labute approximate surface area is 151 Å². The Kier molecular flexibility index (Phi) is 5.06. The van der Waals surface area contributed by atoms with Gasteiger partial charge in [0.25, 0.3) is 5.91 Å². The first kappa shape index (κ1) is 18.1. The van der Waals surface area contributed by atoms with Crippen molar-refractivity contribution in [3.63, 3.8) is 0 Å². The van der Waals surface area contributed by atoms with Gasteiger partial charge in [0.2, 0.25) is 5.43 Å². The van der Waals surface area contributed by atoms with Crippen molar-refractivity contribution in [2.24, 2.45) is 13.0 Å². The first-order valence-corrected chi connectivity index (χ1v) is 8.86. The van der Waals surface area contributed by atoms with Gasteiger partial charge in [-0.05, 0) is 38.8 Å². The number of amides is 1. The highest BCUT2D eigenvalue weighted by Crippen LogP contribution is 2.20. The van der Waals surface area contributed by atoms with Crippen LogP contribution in [0.4, 0.5) is 0 Å². The van der Waals surface area contributed by atoms with Gasteiger partial charge in [0.05, 0.1) is 23.4 Å². The molecule has 138 valence electrons. The lowest BCUT2D eigenvalue weighted by molar-refractivity contribution is -0.149. The fourth-order valence-electron chi connectivity index (χ4n) is 3.36. The maximum atomic E-state index is 12.8. The van der Waals surface area contributed by atoms with Gasteiger partial charge in [0, 0.05) is 20.1 Å². The topological polar surface area (TPSA) is 81.5 Å². The number of hydrogen-bond acceptors (Lipinski definition) is 5. The largest absolute Gasteiger partial charge is 0.466 e. The van der Waals surface area contributed by atoms with Gasteiger partial charge in [0.15, 0.2) is 5.69 Å². The Morgan fingerprint density at radius 3 is 2.62 bits per heavy atom. The van der Waals surface area contributed by atoms with Gasteiger partial charge in [-0.3, -0.25) is 19.1 Å². The molecule has 3 rings (SSSR count). The van der Waals surface area contributed by atoms with Gasteiger partial charge in [-0.1, -0.05) is 11.6 Å². The van der Waals surface area contributed by atoms with Crippen LogP contribution in [0.3, 0.4) is 0 Å². The molecule has 26 heavy (non-hydrogen) atoms. The highest BCUT2D eigenvalue weighted by Gasteiger charge is 2.30. The van der Waals surface area contributed by atoms with Crippen molar-refractivity contribution in [3.8, 4) is 0 Å². The Balaban J connectivity index is 1.84. The molecule has 0 spiro atoms. The number of carbonyl (C=O) groups excluding carboxylic acids is 2. The number of benzene rings is 1. The van der Waals surface area contributed by atoms with Crippen molar-refractivity contribution >= 4 is 22.8 Å². The number of fused-ring (bicyclic) bond motifs is 1. The molecule has 1 aromatic heterocycles. The fourth-order valence-corrected chi connectivity index (χ4v) is 3.36. The molecule has 0 bridgehead atoms. The number of esters is 1. The van der Waals surface area contributed by atoms with Crippen LogP contribution in [-0.4, -0.2) is 46.3 Å².